The second-order valence-electron chi connectivity index (χ2n) is 6.21. The molecule has 132 valence electrons. The van der Waals surface area contributed by atoms with Crippen molar-refractivity contribution in [1.29, 1.82) is 0 Å². The molecule has 1 fully saturated rings. The molecule has 25 heavy (non-hydrogen) atoms. The third-order valence-corrected chi connectivity index (χ3v) is 5.04. The molecule has 1 aromatic carbocycles. The van der Waals surface area contributed by atoms with Crippen LogP contribution in [0.5, 0.6) is 0 Å². The molecule has 2 aromatic rings. The number of nitrogens with one attached hydrogen (secondary N) is 1. The molecule has 1 amide bonds. The van der Waals surface area contributed by atoms with Gasteiger partial charge in [0.2, 0.25) is 0 Å². The van der Waals surface area contributed by atoms with Crippen LogP contribution in [0.4, 0.5) is 0 Å². The minimum absolute atomic E-state index is 0.0873. The predicted molar refractivity (Wildman–Crippen MR) is 98.5 cm³/mol. The molecule has 0 saturated heterocycles. The predicted octanol–water partition coefficient (Wildman–Crippen LogP) is 3.64. The first kappa shape index (κ1) is 18.0. The van der Waals surface area contributed by atoms with E-state index in [2.05, 4.69) is 10.3 Å². The highest BCUT2D eigenvalue weighted by molar-refractivity contribution is 6.36. The third-order valence-electron chi connectivity index (χ3n) is 4.49. The topological polar surface area (TPSA) is 64.0 Å². The van der Waals surface area contributed by atoms with Crippen LogP contribution in [0, 0.1) is 0 Å². The second-order valence-corrected chi connectivity index (χ2v) is 7.05. The first-order valence-corrected chi connectivity index (χ1v) is 9.10. The molecule has 1 aliphatic rings. The summed E-state index contributed by atoms with van der Waals surface area (Å²) < 4.78 is 1.50. The number of hydrogen-bond acceptors (Lipinski definition) is 3. The fourth-order valence-corrected chi connectivity index (χ4v) is 3.61. The van der Waals surface area contributed by atoms with Crippen LogP contribution >= 0.6 is 23.2 Å². The van der Waals surface area contributed by atoms with Gasteiger partial charge in [-0.1, -0.05) is 36.0 Å². The zero-order chi connectivity index (χ0) is 17.8. The van der Waals surface area contributed by atoms with Gasteiger partial charge in [-0.05, 0) is 31.0 Å². The van der Waals surface area contributed by atoms with Gasteiger partial charge in [-0.3, -0.25) is 14.2 Å². The van der Waals surface area contributed by atoms with Crippen molar-refractivity contribution in [3.05, 3.63) is 62.2 Å². The van der Waals surface area contributed by atoms with E-state index in [-0.39, 0.29) is 11.5 Å². The SMILES string of the molecule is O=C(NCCn1cnc(C2CCCC2)cc1=O)c1ccc(Cl)cc1Cl. The van der Waals surface area contributed by atoms with Crippen molar-refractivity contribution >= 4 is 29.1 Å². The first-order valence-electron chi connectivity index (χ1n) is 8.34. The number of benzene rings is 1. The van der Waals surface area contributed by atoms with Crippen molar-refractivity contribution in [2.45, 2.75) is 38.1 Å². The van der Waals surface area contributed by atoms with Gasteiger partial charge in [0, 0.05) is 30.1 Å². The number of rotatable bonds is 5. The largest absolute Gasteiger partial charge is 0.350 e. The maximum atomic E-state index is 12.2. The summed E-state index contributed by atoms with van der Waals surface area (Å²) in [6.07, 6.45) is 6.18. The van der Waals surface area contributed by atoms with Crippen molar-refractivity contribution in [1.82, 2.24) is 14.9 Å². The molecule has 0 bridgehead atoms. The number of nitrogens with zero attached hydrogens (tertiary/aromatic N) is 2. The number of aromatic nitrogens is 2. The van der Waals surface area contributed by atoms with Gasteiger partial charge < -0.3 is 5.32 Å². The smallest absolute Gasteiger partial charge is 0.253 e. The Balaban J connectivity index is 1.58. The van der Waals surface area contributed by atoms with E-state index in [4.69, 9.17) is 23.2 Å². The minimum atomic E-state index is -0.301. The monoisotopic (exact) mass is 379 g/mol. The maximum absolute atomic E-state index is 12.2. The Hall–Kier alpha value is -1.85. The summed E-state index contributed by atoms with van der Waals surface area (Å²) in [5, 5.41) is 3.52. The lowest BCUT2D eigenvalue weighted by molar-refractivity contribution is 0.0952. The van der Waals surface area contributed by atoms with Crippen molar-refractivity contribution in [2.75, 3.05) is 6.54 Å². The summed E-state index contributed by atoms with van der Waals surface area (Å²) in [6, 6.07) is 6.32. The van der Waals surface area contributed by atoms with E-state index in [9.17, 15) is 9.59 Å². The van der Waals surface area contributed by atoms with Crippen LogP contribution in [0.1, 0.15) is 47.7 Å². The van der Waals surface area contributed by atoms with Gasteiger partial charge in [0.15, 0.2) is 0 Å². The Kier molecular flexibility index (Phi) is 5.76. The maximum Gasteiger partial charge on any atom is 0.253 e. The van der Waals surface area contributed by atoms with Crippen LogP contribution in [0.2, 0.25) is 10.0 Å². The zero-order valence-corrected chi connectivity index (χ0v) is 15.2. The molecule has 0 aliphatic heterocycles. The third kappa shape index (κ3) is 4.41. The minimum Gasteiger partial charge on any atom is -0.350 e. The van der Waals surface area contributed by atoms with Gasteiger partial charge >= 0.3 is 0 Å². The van der Waals surface area contributed by atoms with E-state index in [1.807, 2.05) is 0 Å². The van der Waals surface area contributed by atoms with Gasteiger partial charge in [-0.15, -0.1) is 0 Å². The van der Waals surface area contributed by atoms with Gasteiger partial charge in [0.05, 0.1) is 22.6 Å². The number of hydrogen-bond donors (Lipinski definition) is 1. The summed E-state index contributed by atoms with van der Waals surface area (Å²) in [7, 11) is 0. The van der Waals surface area contributed by atoms with Crippen LogP contribution < -0.4 is 10.9 Å². The molecule has 1 aromatic heterocycles. The standard InChI is InChI=1S/C18H19Cl2N3O2/c19-13-5-6-14(15(20)9-13)18(25)21-7-8-23-11-22-16(10-17(23)24)12-3-1-2-4-12/h5-6,9-12H,1-4,7-8H2,(H,21,25). The van der Waals surface area contributed by atoms with E-state index >= 15 is 0 Å². The van der Waals surface area contributed by atoms with Crippen LogP contribution in [0.3, 0.4) is 0 Å². The molecule has 7 heteroatoms. The van der Waals surface area contributed by atoms with Crippen LogP contribution in [0.25, 0.3) is 0 Å². The molecule has 1 N–H and O–H groups in total. The number of carbonyl (C=O) groups excluding carboxylic acids is 1. The average Bonchev–Trinajstić information content (AvgIpc) is 3.10. The summed E-state index contributed by atoms with van der Waals surface area (Å²) in [4.78, 5) is 28.8. The molecule has 0 radical (unpaired) electrons. The average molecular weight is 380 g/mol. The van der Waals surface area contributed by atoms with Crippen LogP contribution in [-0.4, -0.2) is 22.0 Å². The Morgan fingerprint density at radius 2 is 2.00 bits per heavy atom. The van der Waals surface area contributed by atoms with Crippen molar-refractivity contribution in [2.24, 2.45) is 0 Å². The summed E-state index contributed by atoms with van der Waals surface area (Å²) in [5.74, 6) is 0.111. The van der Waals surface area contributed by atoms with E-state index in [0.29, 0.717) is 34.6 Å². The summed E-state index contributed by atoms with van der Waals surface area (Å²) in [5.41, 5.74) is 1.15. The lowest BCUT2D eigenvalue weighted by atomic mass is 10.0. The van der Waals surface area contributed by atoms with Gasteiger partial charge in [0.25, 0.3) is 11.5 Å². The molecular weight excluding hydrogens is 361 g/mol. The Labute approximate surface area is 156 Å². The Morgan fingerprint density at radius 3 is 2.68 bits per heavy atom. The highest BCUT2D eigenvalue weighted by atomic mass is 35.5. The normalized spacial score (nSPS) is 14.6. The molecule has 1 saturated carbocycles. The van der Waals surface area contributed by atoms with Crippen molar-refractivity contribution in [3.63, 3.8) is 0 Å². The van der Waals surface area contributed by atoms with Gasteiger partial charge in [0.1, 0.15) is 0 Å². The van der Waals surface area contributed by atoms with Gasteiger partial charge in [-0.2, -0.15) is 0 Å². The fourth-order valence-electron chi connectivity index (χ4n) is 3.11. The lowest BCUT2D eigenvalue weighted by Crippen LogP contribution is -2.31. The van der Waals surface area contributed by atoms with E-state index in [0.717, 1.165) is 18.5 Å². The molecular formula is C18H19Cl2N3O2. The molecule has 0 unspecified atom stereocenters. The molecule has 3 rings (SSSR count). The quantitative estimate of drug-likeness (QED) is 0.862. The lowest BCUT2D eigenvalue weighted by Gasteiger charge is -2.11. The highest BCUT2D eigenvalue weighted by Crippen LogP contribution is 2.32. The van der Waals surface area contributed by atoms with Crippen LogP contribution in [0.15, 0.2) is 35.4 Å². The van der Waals surface area contributed by atoms with E-state index in [1.54, 1.807) is 24.5 Å². The van der Waals surface area contributed by atoms with Crippen LogP contribution in [-0.2, 0) is 6.54 Å². The molecule has 1 heterocycles. The van der Waals surface area contributed by atoms with Crippen molar-refractivity contribution < 1.29 is 4.79 Å². The Bertz CT molecular complexity index is 829. The number of carbonyl (C=O) groups is 1. The van der Waals surface area contributed by atoms with Gasteiger partial charge in [-0.25, -0.2) is 4.98 Å². The molecule has 0 spiro atoms. The Morgan fingerprint density at radius 1 is 1.24 bits per heavy atom. The first-order chi connectivity index (χ1) is 12.0. The fraction of sp³-hybridized carbons (Fsp3) is 0.389. The van der Waals surface area contributed by atoms with E-state index < -0.39 is 0 Å². The summed E-state index contributed by atoms with van der Waals surface area (Å²) >= 11 is 11.8. The highest BCUT2D eigenvalue weighted by Gasteiger charge is 2.19. The van der Waals surface area contributed by atoms with Crippen molar-refractivity contribution in [3.8, 4) is 0 Å². The molecule has 1 aliphatic carbocycles. The molecule has 5 nitrogen and oxygen atoms in total. The van der Waals surface area contributed by atoms with E-state index in [1.165, 1.54) is 23.5 Å². The number of amides is 1. The zero-order valence-electron chi connectivity index (χ0n) is 13.7. The number of halogens is 2. The second kappa shape index (κ2) is 8.02. The summed E-state index contributed by atoms with van der Waals surface area (Å²) in [6.45, 7) is 0.663. The molecule has 0 atom stereocenters.